The summed E-state index contributed by atoms with van der Waals surface area (Å²) in [5, 5.41) is 7.42. The summed E-state index contributed by atoms with van der Waals surface area (Å²) < 4.78 is 2.02. The van der Waals surface area contributed by atoms with Crippen molar-refractivity contribution in [3.05, 3.63) is 41.7 Å². The lowest BCUT2D eigenvalue weighted by Gasteiger charge is -2.35. The predicted octanol–water partition coefficient (Wildman–Crippen LogP) is 1.36. The Kier molecular flexibility index (Phi) is 4.85. The van der Waals surface area contributed by atoms with Gasteiger partial charge in [-0.15, -0.1) is 0 Å². The molecule has 1 aromatic carbocycles. The van der Waals surface area contributed by atoms with Crippen LogP contribution in [-0.2, 0) is 4.79 Å². The SMILES string of the molecule is CNC(=O)CN1CCN(c2c(C)nn(-c3ccccc3)c2C)CC1. The first-order chi connectivity index (χ1) is 11.6. The van der Waals surface area contributed by atoms with Gasteiger partial charge in [0.25, 0.3) is 0 Å². The highest BCUT2D eigenvalue weighted by molar-refractivity contribution is 5.77. The van der Waals surface area contributed by atoms with Crippen molar-refractivity contribution >= 4 is 11.6 Å². The van der Waals surface area contributed by atoms with E-state index in [1.54, 1.807) is 7.05 Å². The minimum absolute atomic E-state index is 0.0766. The van der Waals surface area contributed by atoms with Gasteiger partial charge in [-0.1, -0.05) is 18.2 Å². The molecule has 0 atom stereocenters. The van der Waals surface area contributed by atoms with Gasteiger partial charge in [0.05, 0.1) is 29.3 Å². The van der Waals surface area contributed by atoms with Gasteiger partial charge in [-0.05, 0) is 26.0 Å². The number of carbonyl (C=O) groups excluding carboxylic acids is 1. The van der Waals surface area contributed by atoms with E-state index in [-0.39, 0.29) is 5.91 Å². The molecule has 0 unspecified atom stereocenters. The topological polar surface area (TPSA) is 53.4 Å². The Morgan fingerprint density at radius 1 is 1.12 bits per heavy atom. The van der Waals surface area contributed by atoms with Crippen molar-refractivity contribution in [2.24, 2.45) is 0 Å². The number of hydrogen-bond donors (Lipinski definition) is 1. The third-order valence-corrected chi connectivity index (χ3v) is 4.59. The molecule has 0 saturated carbocycles. The summed E-state index contributed by atoms with van der Waals surface area (Å²) in [5.41, 5.74) is 4.52. The summed E-state index contributed by atoms with van der Waals surface area (Å²) >= 11 is 0. The zero-order chi connectivity index (χ0) is 17.1. The second kappa shape index (κ2) is 7.05. The van der Waals surface area contributed by atoms with Crippen LogP contribution >= 0.6 is 0 Å². The summed E-state index contributed by atoms with van der Waals surface area (Å²) in [4.78, 5) is 16.1. The van der Waals surface area contributed by atoms with Crippen LogP contribution in [0.25, 0.3) is 5.69 Å². The quantitative estimate of drug-likeness (QED) is 0.921. The second-order valence-electron chi connectivity index (χ2n) is 6.20. The first-order valence-corrected chi connectivity index (χ1v) is 8.39. The highest BCUT2D eigenvalue weighted by atomic mass is 16.1. The fourth-order valence-electron chi connectivity index (χ4n) is 3.32. The smallest absolute Gasteiger partial charge is 0.233 e. The van der Waals surface area contributed by atoms with Crippen molar-refractivity contribution < 1.29 is 4.79 Å². The molecule has 1 aliphatic heterocycles. The molecule has 2 aromatic rings. The number of piperazine rings is 1. The molecule has 1 aliphatic rings. The fraction of sp³-hybridized carbons (Fsp3) is 0.444. The van der Waals surface area contributed by atoms with Crippen molar-refractivity contribution in [3.63, 3.8) is 0 Å². The predicted molar refractivity (Wildman–Crippen MR) is 95.8 cm³/mol. The number of nitrogens with one attached hydrogen (secondary N) is 1. The zero-order valence-electron chi connectivity index (χ0n) is 14.6. The second-order valence-corrected chi connectivity index (χ2v) is 6.20. The number of benzene rings is 1. The first-order valence-electron chi connectivity index (χ1n) is 8.39. The molecule has 3 rings (SSSR count). The standard InChI is InChI=1S/C18H25N5O/c1-14-18(15(2)23(20-14)16-7-5-4-6-8-16)22-11-9-21(10-12-22)13-17(24)19-3/h4-8H,9-13H2,1-3H3,(H,19,24). The van der Waals surface area contributed by atoms with Gasteiger partial charge in [0, 0.05) is 33.2 Å². The lowest BCUT2D eigenvalue weighted by Crippen LogP contribution is -2.49. The molecule has 1 aromatic heterocycles. The lowest BCUT2D eigenvalue weighted by molar-refractivity contribution is -0.121. The van der Waals surface area contributed by atoms with Crippen molar-refractivity contribution in [2.75, 3.05) is 44.7 Å². The Hall–Kier alpha value is -2.34. The van der Waals surface area contributed by atoms with Gasteiger partial charge in [-0.3, -0.25) is 9.69 Å². The summed E-state index contributed by atoms with van der Waals surface area (Å²) in [5.74, 6) is 0.0766. The molecule has 0 aliphatic carbocycles. The van der Waals surface area contributed by atoms with E-state index < -0.39 is 0 Å². The number of para-hydroxylation sites is 1. The maximum absolute atomic E-state index is 11.5. The van der Waals surface area contributed by atoms with Crippen molar-refractivity contribution in [1.82, 2.24) is 20.0 Å². The van der Waals surface area contributed by atoms with Crippen LogP contribution in [0.5, 0.6) is 0 Å². The fourth-order valence-corrected chi connectivity index (χ4v) is 3.32. The van der Waals surface area contributed by atoms with Crippen LogP contribution in [0.2, 0.25) is 0 Å². The molecule has 0 bridgehead atoms. The van der Waals surface area contributed by atoms with Crippen LogP contribution < -0.4 is 10.2 Å². The molecule has 1 N–H and O–H groups in total. The highest BCUT2D eigenvalue weighted by Gasteiger charge is 2.24. The normalized spacial score (nSPS) is 15.5. The maximum atomic E-state index is 11.5. The van der Waals surface area contributed by atoms with Crippen LogP contribution in [0, 0.1) is 13.8 Å². The summed E-state index contributed by atoms with van der Waals surface area (Å²) in [6, 6.07) is 10.2. The molecule has 1 fully saturated rings. The molecular formula is C18H25N5O. The number of carbonyl (C=O) groups is 1. The van der Waals surface area contributed by atoms with Crippen molar-refractivity contribution in [3.8, 4) is 5.69 Å². The zero-order valence-corrected chi connectivity index (χ0v) is 14.6. The number of likely N-dealkylation sites (N-methyl/N-ethyl adjacent to an activating group) is 1. The third kappa shape index (κ3) is 3.28. The molecule has 2 heterocycles. The molecule has 24 heavy (non-hydrogen) atoms. The maximum Gasteiger partial charge on any atom is 0.233 e. The highest BCUT2D eigenvalue weighted by Crippen LogP contribution is 2.27. The molecule has 128 valence electrons. The Labute approximate surface area is 143 Å². The van der Waals surface area contributed by atoms with E-state index in [4.69, 9.17) is 5.10 Å². The molecular weight excluding hydrogens is 302 g/mol. The van der Waals surface area contributed by atoms with Gasteiger partial charge in [-0.2, -0.15) is 5.10 Å². The summed E-state index contributed by atoms with van der Waals surface area (Å²) in [6.07, 6.45) is 0. The van der Waals surface area contributed by atoms with Crippen LogP contribution in [-0.4, -0.2) is 60.4 Å². The largest absolute Gasteiger partial charge is 0.366 e. The van der Waals surface area contributed by atoms with Crippen LogP contribution in [0.15, 0.2) is 30.3 Å². The first kappa shape index (κ1) is 16.5. The number of rotatable bonds is 4. The van der Waals surface area contributed by atoms with Crippen LogP contribution in [0.1, 0.15) is 11.4 Å². The lowest BCUT2D eigenvalue weighted by atomic mass is 10.2. The Morgan fingerprint density at radius 3 is 2.42 bits per heavy atom. The Morgan fingerprint density at radius 2 is 1.79 bits per heavy atom. The third-order valence-electron chi connectivity index (χ3n) is 4.59. The van der Waals surface area contributed by atoms with E-state index in [0.717, 1.165) is 37.6 Å². The molecule has 1 saturated heterocycles. The van der Waals surface area contributed by atoms with Crippen molar-refractivity contribution in [2.45, 2.75) is 13.8 Å². The van der Waals surface area contributed by atoms with Gasteiger partial charge in [0.2, 0.25) is 5.91 Å². The molecule has 1 amide bonds. The van der Waals surface area contributed by atoms with Gasteiger partial charge in [0.15, 0.2) is 0 Å². The molecule has 0 spiro atoms. The Balaban J connectivity index is 1.75. The molecule has 0 radical (unpaired) electrons. The van der Waals surface area contributed by atoms with E-state index in [9.17, 15) is 4.79 Å². The summed E-state index contributed by atoms with van der Waals surface area (Å²) in [7, 11) is 1.68. The van der Waals surface area contributed by atoms with E-state index in [0.29, 0.717) is 6.54 Å². The number of aryl methyl sites for hydroxylation is 1. The number of hydrogen-bond acceptors (Lipinski definition) is 4. The Bertz CT molecular complexity index is 702. The minimum Gasteiger partial charge on any atom is -0.366 e. The van der Waals surface area contributed by atoms with Crippen LogP contribution in [0.3, 0.4) is 0 Å². The van der Waals surface area contributed by atoms with E-state index in [1.807, 2.05) is 22.9 Å². The number of nitrogens with zero attached hydrogens (tertiary/aromatic N) is 4. The number of aromatic nitrogens is 2. The average molecular weight is 327 g/mol. The van der Waals surface area contributed by atoms with E-state index in [1.165, 1.54) is 11.4 Å². The van der Waals surface area contributed by atoms with Crippen molar-refractivity contribution in [1.29, 1.82) is 0 Å². The van der Waals surface area contributed by atoms with Gasteiger partial charge in [-0.25, -0.2) is 4.68 Å². The number of anilines is 1. The van der Waals surface area contributed by atoms with Crippen LogP contribution in [0.4, 0.5) is 5.69 Å². The molecule has 6 nitrogen and oxygen atoms in total. The minimum atomic E-state index is 0.0766. The van der Waals surface area contributed by atoms with E-state index >= 15 is 0 Å². The van der Waals surface area contributed by atoms with Gasteiger partial charge >= 0.3 is 0 Å². The van der Waals surface area contributed by atoms with E-state index in [2.05, 4.69) is 41.1 Å². The number of amides is 1. The van der Waals surface area contributed by atoms with Gasteiger partial charge in [0.1, 0.15) is 0 Å². The average Bonchev–Trinajstić information content (AvgIpc) is 2.91. The monoisotopic (exact) mass is 327 g/mol. The molecule has 6 heteroatoms. The summed E-state index contributed by atoms with van der Waals surface area (Å²) in [6.45, 7) is 8.29. The van der Waals surface area contributed by atoms with Gasteiger partial charge < -0.3 is 10.2 Å².